The minimum absolute atomic E-state index is 1.07. The normalized spacial score (nSPS) is 9.40. The van der Waals surface area contributed by atoms with Gasteiger partial charge >= 0.3 is 0 Å². The molecular formula is C14H12S. The number of aryl methyl sites for hydroxylation is 1. The largest absolute Gasteiger partial charge is 0.148 e. The van der Waals surface area contributed by atoms with Gasteiger partial charge in [0.2, 0.25) is 0 Å². The van der Waals surface area contributed by atoms with Gasteiger partial charge < -0.3 is 0 Å². The van der Waals surface area contributed by atoms with E-state index >= 15 is 0 Å². The molecule has 1 aromatic heterocycles. The molecule has 1 heterocycles. The molecule has 2 rings (SSSR count). The molecule has 0 bridgehead atoms. The Balaban J connectivity index is 2.26. The van der Waals surface area contributed by atoms with Crippen LogP contribution < -0.4 is 0 Å². The van der Waals surface area contributed by atoms with E-state index in [4.69, 9.17) is 0 Å². The second kappa shape index (κ2) is 4.82. The molecule has 1 heteroatoms. The first-order valence-corrected chi connectivity index (χ1v) is 5.91. The van der Waals surface area contributed by atoms with Crippen LogP contribution in [0.5, 0.6) is 0 Å². The number of benzene rings is 1. The lowest BCUT2D eigenvalue weighted by Gasteiger charge is -1.90. The number of rotatable bonds is 1. The highest BCUT2D eigenvalue weighted by Crippen LogP contribution is 2.16. The molecule has 0 atom stereocenters. The van der Waals surface area contributed by atoms with Crippen LogP contribution in [0.3, 0.4) is 0 Å². The third kappa shape index (κ3) is 2.49. The number of hydrogen-bond acceptors (Lipinski definition) is 1. The minimum atomic E-state index is 1.07. The molecule has 0 aliphatic carbocycles. The molecule has 0 radical (unpaired) electrons. The van der Waals surface area contributed by atoms with Crippen LogP contribution in [0, 0.1) is 11.8 Å². The predicted octanol–water partition coefficient (Wildman–Crippen LogP) is 3.71. The Morgan fingerprint density at radius 2 is 1.87 bits per heavy atom. The van der Waals surface area contributed by atoms with Crippen LogP contribution in [0.1, 0.15) is 22.9 Å². The van der Waals surface area contributed by atoms with Gasteiger partial charge in [-0.15, -0.1) is 11.3 Å². The lowest BCUT2D eigenvalue weighted by molar-refractivity contribution is 1.18. The first kappa shape index (κ1) is 10.0. The zero-order valence-electron chi connectivity index (χ0n) is 8.66. The molecule has 0 aliphatic heterocycles. The molecule has 74 valence electrons. The smallest absolute Gasteiger partial charge is 0.0388 e. The van der Waals surface area contributed by atoms with E-state index in [0.717, 1.165) is 12.0 Å². The number of hydrogen-bond donors (Lipinski definition) is 0. The summed E-state index contributed by atoms with van der Waals surface area (Å²) in [4.78, 5) is 1.37. The highest BCUT2D eigenvalue weighted by molar-refractivity contribution is 7.10. The van der Waals surface area contributed by atoms with Crippen molar-refractivity contribution in [2.75, 3.05) is 0 Å². The number of thiophene rings is 1. The van der Waals surface area contributed by atoms with Gasteiger partial charge in [0.05, 0.1) is 0 Å². The molecule has 0 spiro atoms. The molecule has 0 saturated heterocycles. The summed E-state index contributed by atoms with van der Waals surface area (Å²) in [5.74, 6) is 6.40. The fraction of sp³-hybridized carbons (Fsp3) is 0.143. The second-order valence-electron chi connectivity index (χ2n) is 3.23. The summed E-state index contributed by atoms with van der Waals surface area (Å²) in [6.45, 7) is 2.17. The van der Waals surface area contributed by atoms with Crippen LogP contribution in [-0.2, 0) is 6.42 Å². The van der Waals surface area contributed by atoms with Crippen molar-refractivity contribution in [2.24, 2.45) is 0 Å². The van der Waals surface area contributed by atoms with Gasteiger partial charge in [0.25, 0.3) is 0 Å². The Hall–Kier alpha value is -1.52. The molecule has 0 nitrogen and oxygen atoms in total. The summed E-state index contributed by atoms with van der Waals surface area (Å²) in [5.41, 5.74) is 2.25. The lowest BCUT2D eigenvalue weighted by Crippen LogP contribution is -1.78. The van der Waals surface area contributed by atoms with Gasteiger partial charge in [-0.2, -0.15) is 0 Å². The fourth-order valence-electron chi connectivity index (χ4n) is 1.39. The van der Waals surface area contributed by atoms with Crippen molar-refractivity contribution < 1.29 is 0 Å². The van der Waals surface area contributed by atoms with Crippen LogP contribution in [0.4, 0.5) is 0 Å². The van der Waals surface area contributed by atoms with E-state index in [0.29, 0.717) is 0 Å². The zero-order valence-corrected chi connectivity index (χ0v) is 9.47. The molecule has 0 unspecified atom stereocenters. The zero-order chi connectivity index (χ0) is 10.5. The van der Waals surface area contributed by atoms with Crippen molar-refractivity contribution in [3.05, 3.63) is 57.8 Å². The quantitative estimate of drug-likeness (QED) is 0.632. The van der Waals surface area contributed by atoms with E-state index in [1.165, 1.54) is 10.4 Å². The summed E-state index contributed by atoms with van der Waals surface area (Å²) in [6, 6.07) is 12.2. The molecule has 0 saturated carbocycles. The van der Waals surface area contributed by atoms with Gasteiger partial charge in [0, 0.05) is 16.0 Å². The minimum Gasteiger partial charge on any atom is -0.148 e. The van der Waals surface area contributed by atoms with Gasteiger partial charge in [-0.1, -0.05) is 37.0 Å². The molecule has 0 fully saturated rings. The van der Waals surface area contributed by atoms with E-state index in [1.807, 2.05) is 30.3 Å². The summed E-state index contributed by atoms with van der Waals surface area (Å²) < 4.78 is 0. The van der Waals surface area contributed by atoms with Crippen LogP contribution in [-0.4, -0.2) is 0 Å². The summed E-state index contributed by atoms with van der Waals surface area (Å²) in [5, 5.41) is 2.10. The Labute approximate surface area is 94.6 Å². The Morgan fingerprint density at radius 3 is 2.60 bits per heavy atom. The molecule has 0 amide bonds. The van der Waals surface area contributed by atoms with Gasteiger partial charge in [-0.3, -0.25) is 0 Å². The van der Waals surface area contributed by atoms with Gasteiger partial charge in [0.1, 0.15) is 0 Å². The summed E-state index contributed by atoms with van der Waals surface area (Å²) in [6.07, 6.45) is 1.07. The maximum Gasteiger partial charge on any atom is 0.0388 e. The maximum absolute atomic E-state index is 3.22. The molecular weight excluding hydrogens is 200 g/mol. The standard InChI is InChI=1S/C14H12S/c1-2-14-13(10-11-15-14)9-8-12-6-4-3-5-7-12/h3-7,10-11H,2H2,1H3. The van der Waals surface area contributed by atoms with Crippen molar-refractivity contribution in [1.82, 2.24) is 0 Å². The summed E-state index contributed by atoms with van der Waals surface area (Å²) >= 11 is 1.78. The lowest BCUT2D eigenvalue weighted by atomic mass is 10.2. The Kier molecular flexibility index (Phi) is 3.22. The van der Waals surface area contributed by atoms with Crippen molar-refractivity contribution >= 4 is 11.3 Å². The van der Waals surface area contributed by atoms with E-state index < -0.39 is 0 Å². The average Bonchev–Trinajstić information content (AvgIpc) is 2.75. The fourth-order valence-corrected chi connectivity index (χ4v) is 2.17. The van der Waals surface area contributed by atoms with Gasteiger partial charge in [-0.05, 0) is 30.0 Å². The Bertz CT molecular complexity index is 483. The first-order chi connectivity index (χ1) is 7.40. The monoisotopic (exact) mass is 212 g/mol. The topological polar surface area (TPSA) is 0 Å². The van der Waals surface area contributed by atoms with Crippen LogP contribution in [0.25, 0.3) is 0 Å². The first-order valence-electron chi connectivity index (χ1n) is 5.03. The third-order valence-corrected chi connectivity index (χ3v) is 3.25. The SMILES string of the molecule is CCc1sccc1C#Cc1ccccc1. The molecule has 15 heavy (non-hydrogen) atoms. The van der Waals surface area contributed by atoms with Gasteiger partial charge in [-0.25, -0.2) is 0 Å². The van der Waals surface area contributed by atoms with E-state index in [-0.39, 0.29) is 0 Å². The third-order valence-electron chi connectivity index (χ3n) is 2.18. The van der Waals surface area contributed by atoms with Crippen LogP contribution >= 0.6 is 11.3 Å². The maximum atomic E-state index is 3.22. The molecule has 0 aliphatic rings. The van der Waals surface area contributed by atoms with Gasteiger partial charge in [0.15, 0.2) is 0 Å². The summed E-state index contributed by atoms with van der Waals surface area (Å²) in [7, 11) is 0. The predicted molar refractivity (Wildman–Crippen MR) is 66.1 cm³/mol. The molecule has 1 aromatic carbocycles. The van der Waals surface area contributed by atoms with E-state index in [9.17, 15) is 0 Å². The van der Waals surface area contributed by atoms with Crippen molar-refractivity contribution in [3.8, 4) is 11.8 Å². The highest BCUT2D eigenvalue weighted by Gasteiger charge is 1.97. The van der Waals surface area contributed by atoms with Crippen LogP contribution in [0.2, 0.25) is 0 Å². The second-order valence-corrected chi connectivity index (χ2v) is 4.23. The highest BCUT2D eigenvalue weighted by atomic mass is 32.1. The van der Waals surface area contributed by atoms with E-state index in [1.54, 1.807) is 11.3 Å². The van der Waals surface area contributed by atoms with Crippen molar-refractivity contribution in [3.63, 3.8) is 0 Å². The van der Waals surface area contributed by atoms with Crippen molar-refractivity contribution in [2.45, 2.75) is 13.3 Å². The Morgan fingerprint density at radius 1 is 1.07 bits per heavy atom. The molecule has 0 N–H and O–H groups in total. The van der Waals surface area contributed by atoms with E-state index in [2.05, 4.69) is 30.2 Å². The van der Waals surface area contributed by atoms with Crippen molar-refractivity contribution in [1.29, 1.82) is 0 Å². The van der Waals surface area contributed by atoms with Crippen LogP contribution in [0.15, 0.2) is 41.8 Å². The molecule has 2 aromatic rings. The average molecular weight is 212 g/mol.